The van der Waals surface area contributed by atoms with Gasteiger partial charge in [-0.2, -0.15) is 4.73 Å². The van der Waals surface area contributed by atoms with E-state index < -0.39 is 11.7 Å². The summed E-state index contributed by atoms with van der Waals surface area (Å²) < 4.78 is 21.0. The third-order valence-corrected chi connectivity index (χ3v) is 4.98. The van der Waals surface area contributed by atoms with Crippen molar-refractivity contribution in [1.29, 1.82) is 0 Å². The number of ether oxygens (including phenoxy) is 1. The lowest BCUT2D eigenvalue weighted by atomic mass is 10.0. The van der Waals surface area contributed by atoms with E-state index in [1.54, 1.807) is 7.11 Å². The molecule has 0 bridgehead atoms. The van der Waals surface area contributed by atoms with Crippen LogP contribution < -0.4 is 14.8 Å². The van der Waals surface area contributed by atoms with Gasteiger partial charge in [-0.3, -0.25) is 4.79 Å². The summed E-state index contributed by atoms with van der Waals surface area (Å²) in [5, 5.41) is 15.3. The average molecular weight is 386 g/mol. The first-order chi connectivity index (χ1) is 13.3. The first kappa shape index (κ1) is 21.4. The van der Waals surface area contributed by atoms with Gasteiger partial charge in [0.2, 0.25) is 5.69 Å². The van der Waals surface area contributed by atoms with Crippen molar-refractivity contribution >= 4 is 11.6 Å². The van der Waals surface area contributed by atoms with Crippen molar-refractivity contribution in [2.75, 3.05) is 12.4 Å². The molecule has 5 nitrogen and oxygen atoms in total. The molecule has 0 radical (unpaired) electrons. The fourth-order valence-corrected chi connectivity index (χ4v) is 3.34. The van der Waals surface area contributed by atoms with Crippen LogP contribution in [0.25, 0.3) is 0 Å². The van der Waals surface area contributed by atoms with E-state index in [2.05, 4.69) is 11.9 Å². The molecule has 2 aromatic rings. The Balaban J connectivity index is 2.59. The Morgan fingerprint density at radius 2 is 1.82 bits per heavy atom. The molecule has 1 N–H and O–H groups in total. The Bertz CT molecular complexity index is 898. The molecule has 0 aliphatic rings. The van der Waals surface area contributed by atoms with Crippen LogP contribution >= 0.6 is 0 Å². The number of amides is 1. The van der Waals surface area contributed by atoms with E-state index in [9.17, 15) is 10.0 Å². The number of hydrogen-bond acceptors (Lipinski definition) is 3. The maximum atomic E-state index is 15.1. The number of anilines is 1. The number of rotatable bonds is 7. The number of carbonyl (C=O) groups is 1. The molecule has 28 heavy (non-hydrogen) atoms. The Hall–Kier alpha value is -2.89. The van der Waals surface area contributed by atoms with Gasteiger partial charge in [-0.05, 0) is 42.5 Å². The van der Waals surface area contributed by atoms with Gasteiger partial charge >= 0.3 is 0 Å². The van der Waals surface area contributed by atoms with Gasteiger partial charge in [0.25, 0.3) is 5.91 Å². The van der Waals surface area contributed by atoms with Crippen LogP contribution in [0.15, 0.2) is 24.8 Å². The van der Waals surface area contributed by atoms with E-state index in [1.165, 1.54) is 19.9 Å². The molecular formula is C22H27FN2O3. The number of pyridine rings is 1. The summed E-state index contributed by atoms with van der Waals surface area (Å²) in [6, 6.07) is 3.70. The maximum absolute atomic E-state index is 15.1. The van der Waals surface area contributed by atoms with Gasteiger partial charge in [-0.1, -0.05) is 19.9 Å². The van der Waals surface area contributed by atoms with Gasteiger partial charge in [0.1, 0.15) is 11.3 Å². The minimum absolute atomic E-state index is 0.0323. The second kappa shape index (κ2) is 8.87. The number of carbonyl (C=O) groups excluding carboxylic acids is 1. The van der Waals surface area contributed by atoms with Crippen LogP contribution in [-0.4, -0.2) is 13.0 Å². The van der Waals surface area contributed by atoms with Crippen LogP contribution in [0.5, 0.6) is 5.75 Å². The lowest BCUT2D eigenvalue weighted by Crippen LogP contribution is -2.39. The van der Waals surface area contributed by atoms with Crippen molar-refractivity contribution in [1.82, 2.24) is 0 Å². The molecule has 0 fully saturated rings. The summed E-state index contributed by atoms with van der Waals surface area (Å²) in [4.78, 5) is 13.0. The molecule has 0 saturated heterocycles. The molecule has 6 heteroatoms. The molecule has 2 rings (SSSR count). The highest BCUT2D eigenvalue weighted by atomic mass is 19.1. The maximum Gasteiger partial charge on any atom is 0.265 e. The summed E-state index contributed by atoms with van der Waals surface area (Å²) in [5.41, 5.74) is 2.62. The molecule has 0 spiro atoms. The quantitative estimate of drug-likeness (QED) is 0.441. The molecule has 0 atom stereocenters. The molecule has 0 aliphatic heterocycles. The second-order valence-corrected chi connectivity index (χ2v) is 6.61. The first-order valence-electron chi connectivity index (χ1n) is 9.33. The van der Waals surface area contributed by atoms with Crippen molar-refractivity contribution in [2.24, 2.45) is 0 Å². The smallest absolute Gasteiger partial charge is 0.265 e. The van der Waals surface area contributed by atoms with E-state index in [-0.39, 0.29) is 28.9 Å². The van der Waals surface area contributed by atoms with Gasteiger partial charge in [0, 0.05) is 19.5 Å². The summed E-state index contributed by atoms with van der Waals surface area (Å²) in [6.07, 6.45) is 3.01. The van der Waals surface area contributed by atoms with Crippen molar-refractivity contribution < 1.29 is 18.7 Å². The van der Waals surface area contributed by atoms with Crippen LogP contribution in [0, 0.1) is 24.9 Å². The fourth-order valence-electron chi connectivity index (χ4n) is 3.34. The lowest BCUT2D eigenvalue weighted by Gasteiger charge is -2.18. The number of benzene rings is 1. The molecule has 1 aromatic heterocycles. The summed E-state index contributed by atoms with van der Waals surface area (Å²) in [7, 11) is 1.59. The summed E-state index contributed by atoms with van der Waals surface area (Å²) in [6.45, 7) is 10.5. The van der Waals surface area contributed by atoms with Crippen molar-refractivity contribution in [3.05, 3.63) is 69.5 Å². The highest BCUT2D eigenvalue weighted by Gasteiger charge is 2.28. The standard InChI is InChI=1S/C22H27FN2O3/c1-7-10-18-13(4)25(27)14(5)19(20(18)23)22(26)24-21-15(8-2)11-17(28-6)12-16(21)9-3/h7,11-12H,1,8-10H2,2-6H3,(H,24,26). The second-order valence-electron chi connectivity index (χ2n) is 6.61. The number of hydrogen-bond donors (Lipinski definition) is 1. The zero-order valence-corrected chi connectivity index (χ0v) is 17.1. The molecule has 0 aliphatic carbocycles. The highest BCUT2D eigenvalue weighted by Crippen LogP contribution is 2.29. The number of halogens is 1. The minimum atomic E-state index is -0.677. The highest BCUT2D eigenvalue weighted by molar-refractivity contribution is 6.06. The number of methoxy groups -OCH3 is 1. The first-order valence-corrected chi connectivity index (χ1v) is 9.33. The van der Waals surface area contributed by atoms with Gasteiger partial charge < -0.3 is 15.3 Å². The Labute approximate surface area is 165 Å². The number of aromatic nitrogens is 1. The summed E-state index contributed by atoms with van der Waals surface area (Å²) in [5.74, 6) is -0.612. The topological polar surface area (TPSA) is 65.3 Å². The molecular weight excluding hydrogens is 359 g/mol. The van der Waals surface area contributed by atoms with Crippen molar-refractivity contribution in [3.63, 3.8) is 0 Å². The predicted octanol–water partition coefficient (Wildman–Crippen LogP) is 4.19. The number of nitrogens with one attached hydrogen (secondary N) is 1. The van der Waals surface area contributed by atoms with E-state index in [0.29, 0.717) is 29.0 Å². The van der Waals surface area contributed by atoms with E-state index in [1.807, 2.05) is 26.0 Å². The lowest BCUT2D eigenvalue weighted by molar-refractivity contribution is -0.620. The SMILES string of the molecule is C=CCc1c(F)c(C(=O)Nc2c(CC)cc(OC)cc2CC)c(C)[n+]([O-])c1C. The Morgan fingerprint density at radius 1 is 1.25 bits per heavy atom. The molecule has 1 heterocycles. The Kier molecular flexibility index (Phi) is 6.78. The van der Waals surface area contributed by atoms with E-state index >= 15 is 4.39 Å². The largest absolute Gasteiger partial charge is 0.618 e. The van der Waals surface area contributed by atoms with Crippen LogP contribution in [0.4, 0.5) is 10.1 Å². The van der Waals surface area contributed by atoms with Gasteiger partial charge in [-0.25, -0.2) is 4.39 Å². The number of aryl methyl sites for hydroxylation is 2. The number of nitrogens with zero attached hydrogens (tertiary/aromatic N) is 1. The van der Waals surface area contributed by atoms with Gasteiger partial charge in [0.15, 0.2) is 11.5 Å². The monoisotopic (exact) mass is 386 g/mol. The Morgan fingerprint density at radius 3 is 2.29 bits per heavy atom. The van der Waals surface area contributed by atoms with Crippen molar-refractivity contribution in [2.45, 2.75) is 47.0 Å². The zero-order chi connectivity index (χ0) is 21.0. The minimum Gasteiger partial charge on any atom is -0.618 e. The molecule has 1 amide bonds. The van der Waals surface area contributed by atoms with Gasteiger partial charge in [0.05, 0.1) is 12.7 Å². The third-order valence-electron chi connectivity index (χ3n) is 4.98. The summed E-state index contributed by atoms with van der Waals surface area (Å²) >= 11 is 0. The van der Waals surface area contributed by atoms with E-state index in [4.69, 9.17) is 4.74 Å². The van der Waals surface area contributed by atoms with Crippen LogP contribution in [0.3, 0.4) is 0 Å². The molecule has 0 unspecified atom stereocenters. The molecule has 0 saturated carbocycles. The molecule has 1 aromatic carbocycles. The van der Waals surface area contributed by atoms with Crippen LogP contribution in [0.1, 0.15) is 52.3 Å². The predicted molar refractivity (Wildman–Crippen MR) is 108 cm³/mol. The van der Waals surface area contributed by atoms with Gasteiger partial charge in [-0.15, -0.1) is 6.58 Å². The zero-order valence-electron chi connectivity index (χ0n) is 17.1. The number of allylic oxidation sites excluding steroid dienone is 1. The van der Waals surface area contributed by atoms with Crippen molar-refractivity contribution in [3.8, 4) is 5.75 Å². The van der Waals surface area contributed by atoms with Crippen LogP contribution in [0.2, 0.25) is 0 Å². The normalized spacial score (nSPS) is 10.6. The molecule has 150 valence electrons. The fraction of sp³-hybridized carbons (Fsp3) is 0.364. The average Bonchev–Trinajstić information content (AvgIpc) is 2.69. The third kappa shape index (κ3) is 3.86. The van der Waals surface area contributed by atoms with Crippen LogP contribution in [-0.2, 0) is 19.3 Å². The van der Waals surface area contributed by atoms with E-state index in [0.717, 1.165) is 11.1 Å².